The van der Waals surface area contributed by atoms with E-state index in [0.29, 0.717) is 6.04 Å². The number of aromatic nitrogens is 3. The summed E-state index contributed by atoms with van der Waals surface area (Å²) >= 11 is 0. The number of nitrogens with zero attached hydrogens (tertiary/aromatic N) is 6. The van der Waals surface area contributed by atoms with Gasteiger partial charge in [-0.25, -0.2) is 4.52 Å². The van der Waals surface area contributed by atoms with Crippen molar-refractivity contribution in [2.75, 3.05) is 26.2 Å². The van der Waals surface area contributed by atoms with E-state index in [1.54, 1.807) is 11.0 Å². The molecule has 0 N–H and O–H groups in total. The third-order valence-corrected chi connectivity index (χ3v) is 6.84. The van der Waals surface area contributed by atoms with Gasteiger partial charge in [0.25, 0.3) is 5.91 Å². The first-order chi connectivity index (χ1) is 16.5. The number of piperazine rings is 1. The van der Waals surface area contributed by atoms with Crippen LogP contribution in [-0.4, -0.2) is 67.4 Å². The molecule has 3 aliphatic rings. The minimum Gasteiger partial charge on any atom is -0.367 e. The minimum absolute atomic E-state index is 0.0743. The Labute approximate surface area is 201 Å². The van der Waals surface area contributed by atoms with Gasteiger partial charge in [-0.15, -0.1) is 0 Å². The molecular formula is C27H32N6O. The fraction of sp³-hybridized carbons (Fsp3) is 0.370. The Hall–Kier alpha value is -3.45. The average Bonchev–Trinajstić information content (AvgIpc) is 3.25. The number of fused-ring (bicyclic) bond motifs is 2. The molecule has 34 heavy (non-hydrogen) atoms. The Morgan fingerprint density at radius 3 is 2.71 bits per heavy atom. The van der Waals surface area contributed by atoms with E-state index in [1.807, 2.05) is 54.2 Å². The molecule has 1 fully saturated rings. The van der Waals surface area contributed by atoms with Gasteiger partial charge in [0.1, 0.15) is 0 Å². The Morgan fingerprint density at radius 1 is 1.12 bits per heavy atom. The second-order valence-corrected chi connectivity index (χ2v) is 9.11. The number of carbonyl (C=O) groups is 1. The number of likely N-dealkylation sites (N-methyl/N-ethyl adjacent to an activating group) is 1. The summed E-state index contributed by atoms with van der Waals surface area (Å²) in [5, 5.41) is 4.75. The average molecular weight is 457 g/mol. The lowest BCUT2D eigenvalue weighted by atomic mass is 10.1. The van der Waals surface area contributed by atoms with Gasteiger partial charge < -0.3 is 4.90 Å². The molecular weight excluding hydrogens is 424 g/mol. The normalized spacial score (nSPS) is 22.8. The topological polar surface area (TPSA) is 57.0 Å². The first-order valence-corrected chi connectivity index (χ1v) is 12.1. The van der Waals surface area contributed by atoms with Crippen LogP contribution in [0.25, 0.3) is 11.1 Å². The van der Waals surface area contributed by atoms with E-state index in [-0.39, 0.29) is 5.91 Å². The van der Waals surface area contributed by atoms with Crippen LogP contribution in [-0.2, 0) is 11.2 Å². The van der Waals surface area contributed by atoms with E-state index < -0.39 is 0 Å². The fourth-order valence-electron chi connectivity index (χ4n) is 4.96. The van der Waals surface area contributed by atoms with Crippen molar-refractivity contribution in [1.82, 2.24) is 29.3 Å². The predicted molar refractivity (Wildman–Crippen MR) is 135 cm³/mol. The maximum absolute atomic E-state index is 13.4. The van der Waals surface area contributed by atoms with Crippen molar-refractivity contribution in [1.29, 1.82) is 0 Å². The van der Waals surface area contributed by atoms with Crippen LogP contribution in [0.15, 0.2) is 66.3 Å². The maximum Gasteiger partial charge on any atom is 0.255 e. The molecule has 1 saturated heterocycles. The molecule has 0 unspecified atom stereocenters. The van der Waals surface area contributed by atoms with E-state index in [9.17, 15) is 4.79 Å². The summed E-state index contributed by atoms with van der Waals surface area (Å²) in [6.45, 7) is 12.6. The first-order valence-electron chi connectivity index (χ1n) is 12.1. The molecule has 2 aromatic rings. The van der Waals surface area contributed by atoms with Gasteiger partial charge in [0.05, 0.1) is 34.5 Å². The van der Waals surface area contributed by atoms with Gasteiger partial charge in [0.2, 0.25) is 0 Å². The van der Waals surface area contributed by atoms with Crippen molar-refractivity contribution in [2.24, 2.45) is 0 Å². The SMILES string of the molecule is CCc1nc(C)cn2nc(C3=CC(=O)N4C=C(N5CCN(CC)[C@H](C)C5)C=C/C4=C\C=C3)cc12. The summed E-state index contributed by atoms with van der Waals surface area (Å²) in [7, 11) is 0. The largest absolute Gasteiger partial charge is 0.367 e. The van der Waals surface area contributed by atoms with E-state index in [0.717, 1.165) is 72.2 Å². The highest BCUT2D eigenvalue weighted by Crippen LogP contribution is 2.26. The van der Waals surface area contributed by atoms with Crippen molar-refractivity contribution < 1.29 is 4.79 Å². The predicted octanol–water partition coefficient (Wildman–Crippen LogP) is 3.70. The summed E-state index contributed by atoms with van der Waals surface area (Å²) in [6, 6.07) is 2.51. The molecule has 176 valence electrons. The number of aryl methyl sites for hydroxylation is 2. The van der Waals surface area contributed by atoms with Crippen LogP contribution in [0.1, 0.15) is 37.9 Å². The summed E-state index contributed by atoms with van der Waals surface area (Å²) in [5.41, 5.74) is 6.42. The molecule has 0 radical (unpaired) electrons. The maximum atomic E-state index is 13.4. The van der Waals surface area contributed by atoms with Crippen molar-refractivity contribution in [2.45, 2.75) is 40.2 Å². The zero-order valence-electron chi connectivity index (χ0n) is 20.4. The highest BCUT2D eigenvalue weighted by atomic mass is 16.2. The van der Waals surface area contributed by atoms with Gasteiger partial charge >= 0.3 is 0 Å². The lowest BCUT2D eigenvalue weighted by Crippen LogP contribution is -2.51. The summed E-state index contributed by atoms with van der Waals surface area (Å²) in [4.78, 5) is 24.6. The highest BCUT2D eigenvalue weighted by Gasteiger charge is 2.26. The van der Waals surface area contributed by atoms with Crippen LogP contribution >= 0.6 is 0 Å². The Balaban J connectivity index is 1.45. The van der Waals surface area contributed by atoms with Crippen LogP contribution in [0, 0.1) is 6.92 Å². The molecule has 0 spiro atoms. The first kappa shape index (κ1) is 22.3. The molecule has 1 amide bonds. The number of rotatable bonds is 4. The molecule has 3 aliphatic heterocycles. The highest BCUT2D eigenvalue weighted by molar-refractivity contribution is 5.99. The van der Waals surface area contributed by atoms with E-state index in [1.165, 1.54) is 0 Å². The Kier molecular flexibility index (Phi) is 5.96. The molecule has 1 atom stereocenters. The molecule has 0 saturated carbocycles. The molecule has 0 bridgehead atoms. The standard InChI is InChI=1S/C27H32N6O/c1-5-24-26-15-25(29-33(26)16-19(3)28-24)21-8-7-9-22-10-11-23(18-32(22)27(34)14-21)31-13-12-30(6-2)20(4)17-31/h7-11,14-16,18,20H,5-6,12-13,17H2,1-4H3/b8-7?,21-14?,22-9+/t20-/m1/s1. The molecule has 7 nitrogen and oxygen atoms in total. The number of amides is 1. The van der Waals surface area contributed by atoms with Crippen molar-refractivity contribution >= 4 is 17.0 Å². The van der Waals surface area contributed by atoms with Gasteiger partial charge in [-0.1, -0.05) is 26.0 Å². The quantitative estimate of drug-likeness (QED) is 0.702. The van der Waals surface area contributed by atoms with E-state index in [4.69, 9.17) is 5.10 Å². The Morgan fingerprint density at radius 2 is 1.94 bits per heavy atom. The third-order valence-electron chi connectivity index (χ3n) is 6.84. The van der Waals surface area contributed by atoms with Crippen molar-refractivity contribution in [3.63, 3.8) is 0 Å². The fourth-order valence-corrected chi connectivity index (χ4v) is 4.96. The third kappa shape index (κ3) is 4.12. The Bertz CT molecular complexity index is 1280. The molecule has 0 aliphatic carbocycles. The second kappa shape index (κ2) is 9.06. The van der Waals surface area contributed by atoms with E-state index >= 15 is 0 Å². The number of hydrogen-bond acceptors (Lipinski definition) is 5. The van der Waals surface area contributed by atoms with Crippen molar-refractivity contribution in [3.05, 3.63) is 83.4 Å². The van der Waals surface area contributed by atoms with Crippen molar-refractivity contribution in [3.8, 4) is 0 Å². The lowest BCUT2D eigenvalue weighted by Gasteiger charge is -2.42. The van der Waals surface area contributed by atoms with E-state index in [2.05, 4.69) is 41.6 Å². The molecule has 2 aromatic heterocycles. The monoisotopic (exact) mass is 456 g/mol. The van der Waals surface area contributed by atoms with Gasteiger partial charge in [-0.3, -0.25) is 19.6 Å². The smallest absolute Gasteiger partial charge is 0.255 e. The van der Waals surface area contributed by atoms with Gasteiger partial charge in [-0.05, 0) is 51.1 Å². The van der Waals surface area contributed by atoms with Gasteiger partial charge in [0, 0.05) is 49.2 Å². The zero-order chi connectivity index (χ0) is 23.8. The number of hydrogen-bond donors (Lipinski definition) is 0. The summed E-state index contributed by atoms with van der Waals surface area (Å²) < 4.78 is 1.87. The number of carbonyl (C=O) groups excluding carboxylic acids is 1. The van der Waals surface area contributed by atoms with Crippen LogP contribution in [0.4, 0.5) is 0 Å². The molecule has 5 heterocycles. The molecule has 5 rings (SSSR count). The summed E-state index contributed by atoms with van der Waals surface area (Å²) in [6.07, 6.45) is 16.5. The molecule has 0 aromatic carbocycles. The van der Waals surface area contributed by atoms with Gasteiger partial charge in [-0.2, -0.15) is 5.10 Å². The van der Waals surface area contributed by atoms with Crippen LogP contribution in [0.2, 0.25) is 0 Å². The molecule has 7 heteroatoms. The van der Waals surface area contributed by atoms with Crippen LogP contribution in [0.3, 0.4) is 0 Å². The summed E-state index contributed by atoms with van der Waals surface area (Å²) in [5.74, 6) is -0.0743. The zero-order valence-corrected chi connectivity index (χ0v) is 20.4. The van der Waals surface area contributed by atoms with Gasteiger partial charge in [0.15, 0.2) is 0 Å². The van der Waals surface area contributed by atoms with Crippen LogP contribution < -0.4 is 0 Å². The second-order valence-electron chi connectivity index (χ2n) is 9.11. The van der Waals surface area contributed by atoms with Crippen LogP contribution in [0.5, 0.6) is 0 Å². The lowest BCUT2D eigenvalue weighted by molar-refractivity contribution is -0.122. The number of allylic oxidation sites excluding steroid dienone is 6. The minimum atomic E-state index is -0.0743.